The molecule has 1 aliphatic rings. The first-order valence-electron chi connectivity index (χ1n) is 28.6. The lowest BCUT2D eigenvalue weighted by atomic mass is 9.78. The fourth-order valence-corrected chi connectivity index (χ4v) is 10.6. The lowest BCUT2D eigenvalue weighted by Crippen LogP contribution is -2.17. The van der Waals surface area contributed by atoms with Crippen molar-refractivity contribution in [1.82, 2.24) is 19.1 Å². The highest BCUT2D eigenvalue weighted by molar-refractivity contribution is 6.22. The summed E-state index contributed by atoms with van der Waals surface area (Å²) in [6, 6.07) is 54.3. The molecule has 11 aromatic rings. The van der Waals surface area contributed by atoms with Gasteiger partial charge in [-0.25, -0.2) is 4.98 Å². The van der Waals surface area contributed by atoms with Gasteiger partial charge in [0.15, 0.2) is 0 Å². The lowest BCUT2D eigenvalue weighted by molar-refractivity contribution is 0.483. The van der Waals surface area contributed by atoms with Crippen LogP contribution in [0.4, 0.5) is 11.4 Å². The van der Waals surface area contributed by atoms with Crippen molar-refractivity contribution in [3.63, 3.8) is 0 Å². The maximum absolute atomic E-state index is 8.79. The van der Waals surface area contributed by atoms with E-state index in [-0.39, 0.29) is 11.0 Å². The molecular formula is C65H59N5O. The fraction of sp³-hybridized carbons (Fsp3) is 0.200. The largest absolute Gasteiger partial charge is 0.457 e. The number of para-hydroxylation sites is 3. The molecule has 0 aliphatic carbocycles. The van der Waals surface area contributed by atoms with Crippen LogP contribution < -0.4 is 9.64 Å². The molecule has 0 N–H and O–H groups in total. The van der Waals surface area contributed by atoms with Gasteiger partial charge in [-0.3, -0.25) is 9.55 Å². The normalized spacial score (nSPS) is 15.5. The molecule has 0 fully saturated rings. The Morgan fingerprint density at radius 3 is 1.92 bits per heavy atom. The molecule has 7 aromatic carbocycles. The molecule has 350 valence electrons. The van der Waals surface area contributed by atoms with Crippen molar-refractivity contribution in [3.05, 3.63) is 199 Å². The Balaban J connectivity index is 1.08. The molecule has 4 aromatic heterocycles. The highest BCUT2D eigenvalue weighted by Gasteiger charge is 2.28. The standard InChI is InChI=1S/C65H59N5O/c1-63(2,3)42-29-32-67-60(36-42)70-57-25-13-12-21-52(57)53-28-27-47(38-59(53)70)71-46-18-14-17-45(37-46)68-40-69-61-48(41-33-43(64(4,5)6)35-44(34-41)65(7,8)9)22-15-23-55(61)56-39-66-31-30-51(56)49-19-10-11-20-50(49)54-24-16-26-58(68)62(54)69/h10-39H,40H2,1-9H3/i4D3,5D3,6D3. The summed E-state index contributed by atoms with van der Waals surface area (Å²) in [5.41, 5.74) is 3.97. The minimum absolute atomic E-state index is 0.0800. The lowest BCUT2D eigenvalue weighted by Gasteiger charge is -2.27. The van der Waals surface area contributed by atoms with Crippen molar-refractivity contribution in [2.75, 3.05) is 4.90 Å². The molecule has 71 heavy (non-hydrogen) atoms. The van der Waals surface area contributed by atoms with Gasteiger partial charge in [0.05, 0.1) is 27.8 Å². The second-order valence-electron chi connectivity index (χ2n) is 20.9. The Morgan fingerprint density at radius 1 is 0.493 bits per heavy atom. The Labute approximate surface area is 428 Å². The monoisotopic (exact) mass is 935 g/mol. The molecule has 0 amide bonds. The smallest absolute Gasteiger partial charge is 0.137 e. The molecular weight excluding hydrogens is 867 g/mol. The number of benzene rings is 7. The first-order valence-corrected chi connectivity index (χ1v) is 24.1. The summed E-state index contributed by atoms with van der Waals surface area (Å²) >= 11 is 0. The van der Waals surface area contributed by atoms with E-state index in [0.29, 0.717) is 34.9 Å². The third-order valence-corrected chi connectivity index (χ3v) is 14.2. The second-order valence-corrected chi connectivity index (χ2v) is 20.9. The second kappa shape index (κ2) is 16.3. The minimum Gasteiger partial charge on any atom is -0.457 e. The highest BCUT2D eigenvalue weighted by atomic mass is 16.5. The zero-order valence-corrected chi connectivity index (χ0v) is 40.7. The van der Waals surface area contributed by atoms with Crippen LogP contribution in [-0.4, -0.2) is 19.1 Å². The van der Waals surface area contributed by atoms with Crippen molar-refractivity contribution in [2.24, 2.45) is 0 Å². The maximum atomic E-state index is 8.79. The molecule has 0 saturated heterocycles. The quantitative estimate of drug-likeness (QED) is 0.173. The molecule has 5 heterocycles. The minimum atomic E-state index is -3.47. The average molecular weight is 935 g/mol. The van der Waals surface area contributed by atoms with E-state index in [1.807, 2.05) is 106 Å². The third kappa shape index (κ3) is 7.56. The topological polar surface area (TPSA) is 48.1 Å². The number of anilines is 2. The van der Waals surface area contributed by atoms with E-state index >= 15 is 0 Å². The van der Waals surface area contributed by atoms with Gasteiger partial charge in [0.1, 0.15) is 24.0 Å². The Morgan fingerprint density at radius 2 is 1.14 bits per heavy atom. The zero-order chi connectivity index (χ0) is 56.5. The summed E-state index contributed by atoms with van der Waals surface area (Å²) in [6.45, 7) is 2.31. The van der Waals surface area contributed by atoms with E-state index in [4.69, 9.17) is 27.0 Å². The van der Waals surface area contributed by atoms with Crippen molar-refractivity contribution in [1.29, 1.82) is 0 Å². The number of fused-ring (bicyclic) bond motifs is 10. The van der Waals surface area contributed by atoms with Crippen molar-refractivity contribution in [2.45, 2.75) is 85.0 Å². The number of hydrogen-bond acceptors (Lipinski definition) is 4. The summed E-state index contributed by atoms with van der Waals surface area (Å²) < 4.78 is 90.4. The number of pyridine rings is 2. The van der Waals surface area contributed by atoms with Crippen LogP contribution in [0.15, 0.2) is 182 Å². The first-order chi connectivity index (χ1) is 37.8. The van der Waals surface area contributed by atoms with Gasteiger partial charge in [-0.05, 0) is 109 Å². The summed E-state index contributed by atoms with van der Waals surface area (Å²) in [5, 5.41) is 7.73. The number of hydrogen-bond donors (Lipinski definition) is 0. The van der Waals surface area contributed by atoms with Crippen LogP contribution in [0.25, 0.3) is 82.1 Å². The zero-order valence-electron chi connectivity index (χ0n) is 49.7. The van der Waals surface area contributed by atoms with E-state index in [1.54, 1.807) is 6.20 Å². The highest BCUT2D eigenvalue weighted by Crippen LogP contribution is 2.46. The van der Waals surface area contributed by atoms with Crippen LogP contribution in [-0.2, 0) is 22.9 Å². The molecule has 0 bridgehead atoms. The van der Waals surface area contributed by atoms with Crippen LogP contribution in [0.1, 0.15) is 91.1 Å². The summed E-state index contributed by atoms with van der Waals surface area (Å²) in [5.74, 6) is 2.09. The van der Waals surface area contributed by atoms with Gasteiger partial charge in [-0.15, -0.1) is 0 Å². The Hall–Kier alpha value is -7.96. The first kappa shape index (κ1) is 35.2. The Kier molecular flexibility index (Phi) is 8.08. The number of ether oxygens (including phenoxy) is 1. The van der Waals surface area contributed by atoms with E-state index < -0.39 is 31.4 Å². The summed E-state index contributed by atoms with van der Waals surface area (Å²) in [7, 11) is 0. The Bertz CT molecular complexity index is 4350. The number of nitrogens with zero attached hydrogens (tertiary/aromatic N) is 5. The average Bonchev–Trinajstić information content (AvgIpc) is 3.97. The van der Waals surface area contributed by atoms with E-state index in [0.717, 1.165) is 82.3 Å². The SMILES string of the molecule is [2H]C([2H])([2H])C(c1cc(-c2cccc3c4cnccc4c4ccccc4c4cccc5c4n(c23)CN5c2cccc(Oc3ccc4c5ccccc5n(-c5cc(C(C)(C)C)ccn5)c4c3)c2)cc(C(C)(C)C)c1)(C([2H])([2H])[2H])C([2H])([2H])[2H]. The number of rotatable bonds is 5. The maximum Gasteiger partial charge on any atom is 0.137 e. The van der Waals surface area contributed by atoms with E-state index in [9.17, 15) is 0 Å². The van der Waals surface area contributed by atoms with Crippen LogP contribution in [0.5, 0.6) is 11.5 Å². The molecule has 1 aliphatic heterocycles. The molecule has 0 saturated carbocycles. The van der Waals surface area contributed by atoms with Crippen molar-refractivity contribution in [3.8, 4) is 28.4 Å². The summed E-state index contributed by atoms with van der Waals surface area (Å²) in [6.07, 6.45) is 5.52. The van der Waals surface area contributed by atoms with Gasteiger partial charge in [0.2, 0.25) is 0 Å². The van der Waals surface area contributed by atoms with Crippen LogP contribution in [0.2, 0.25) is 0 Å². The fourth-order valence-electron chi connectivity index (χ4n) is 10.6. The van der Waals surface area contributed by atoms with Gasteiger partial charge in [0.25, 0.3) is 0 Å². The van der Waals surface area contributed by atoms with Gasteiger partial charge in [-0.2, -0.15) is 0 Å². The molecule has 0 unspecified atom stereocenters. The van der Waals surface area contributed by atoms with Crippen LogP contribution in [0, 0.1) is 0 Å². The van der Waals surface area contributed by atoms with Crippen LogP contribution in [0.3, 0.4) is 0 Å². The molecule has 0 spiro atoms. The molecule has 0 atom stereocenters. The van der Waals surface area contributed by atoms with Gasteiger partial charge < -0.3 is 14.2 Å². The third-order valence-electron chi connectivity index (χ3n) is 14.2. The molecule has 12 rings (SSSR count). The van der Waals surface area contributed by atoms with Crippen molar-refractivity contribution >= 4 is 76.5 Å². The van der Waals surface area contributed by atoms with Crippen molar-refractivity contribution < 1.29 is 17.1 Å². The molecule has 0 radical (unpaired) electrons. The number of aromatic nitrogens is 4. The molecule has 6 heteroatoms. The van der Waals surface area contributed by atoms with Gasteiger partial charge >= 0.3 is 0 Å². The predicted octanol–water partition coefficient (Wildman–Crippen LogP) is 17.6. The van der Waals surface area contributed by atoms with Crippen LogP contribution >= 0.6 is 0 Å². The predicted molar refractivity (Wildman–Crippen MR) is 299 cm³/mol. The van der Waals surface area contributed by atoms with E-state index in [2.05, 4.69) is 114 Å². The van der Waals surface area contributed by atoms with E-state index in [1.165, 1.54) is 17.7 Å². The van der Waals surface area contributed by atoms with Gasteiger partial charge in [-0.1, -0.05) is 159 Å². The molecule has 6 nitrogen and oxygen atoms in total. The van der Waals surface area contributed by atoms with Gasteiger partial charge in [0, 0.05) is 81.2 Å². The summed E-state index contributed by atoms with van der Waals surface area (Å²) in [4.78, 5) is 11.8.